The standard InChI is InChI=1S/C12H16ClNO3/c1-7(12(14)16)6-17-11-4-3-9(13)5-10(11)8(2)15/h3-5,7-8,15H,6H2,1-2H3,(H2,14,16). The Bertz CT molecular complexity index is 407. The Morgan fingerprint density at radius 1 is 1.53 bits per heavy atom. The van der Waals surface area contributed by atoms with E-state index >= 15 is 0 Å². The largest absolute Gasteiger partial charge is 0.492 e. The summed E-state index contributed by atoms with van der Waals surface area (Å²) >= 11 is 5.83. The summed E-state index contributed by atoms with van der Waals surface area (Å²) in [7, 11) is 0. The quantitative estimate of drug-likeness (QED) is 0.846. The lowest BCUT2D eigenvalue weighted by atomic mass is 10.1. The van der Waals surface area contributed by atoms with E-state index in [-0.39, 0.29) is 12.5 Å². The SMILES string of the molecule is CC(COc1ccc(Cl)cc1C(C)O)C(N)=O. The number of hydrogen-bond donors (Lipinski definition) is 2. The highest BCUT2D eigenvalue weighted by Gasteiger charge is 2.13. The highest BCUT2D eigenvalue weighted by Crippen LogP contribution is 2.28. The van der Waals surface area contributed by atoms with Gasteiger partial charge in [-0.15, -0.1) is 0 Å². The average molecular weight is 258 g/mol. The van der Waals surface area contributed by atoms with E-state index in [1.807, 2.05) is 0 Å². The van der Waals surface area contributed by atoms with Gasteiger partial charge in [-0.2, -0.15) is 0 Å². The minimum absolute atomic E-state index is 0.177. The predicted molar refractivity (Wildman–Crippen MR) is 65.9 cm³/mol. The minimum Gasteiger partial charge on any atom is -0.492 e. The van der Waals surface area contributed by atoms with Crippen LogP contribution in [0.3, 0.4) is 0 Å². The summed E-state index contributed by atoms with van der Waals surface area (Å²) in [5, 5.41) is 10.1. The summed E-state index contributed by atoms with van der Waals surface area (Å²) < 4.78 is 5.46. The summed E-state index contributed by atoms with van der Waals surface area (Å²) in [6, 6.07) is 4.96. The van der Waals surface area contributed by atoms with Gasteiger partial charge in [0.15, 0.2) is 0 Å². The van der Waals surface area contributed by atoms with Gasteiger partial charge in [0.2, 0.25) is 5.91 Å². The zero-order valence-electron chi connectivity index (χ0n) is 9.81. The Labute approximate surface area is 105 Å². The number of aliphatic hydroxyl groups excluding tert-OH is 1. The Balaban J connectivity index is 2.80. The van der Waals surface area contributed by atoms with Gasteiger partial charge in [-0.1, -0.05) is 18.5 Å². The lowest BCUT2D eigenvalue weighted by molar-refractivity contribution is -0.122. The molecule has 1 rings (SSSR count). The molecule has 0 bridgehead atoms. The molecule has 0 saturated carbocycles. The maximum atomic E-state index is 10.9. The monoisotopic (exact) mass is 257 g/mol. The van der Waals surface area contributed by atoms with Crippen molar-refractivity contribution in [2.45, 2.75) is 20.0 Å². The molecule has 0 aliphatic heterocycles. The van der Waals surface area contributed by atoms with Gasteiger partial charge >= 0.3 is 0 Å². The van der Waals surface area contributed by atoms with Crippen LogP contribution in [0.1, 0.15) is 25.5 Å². The van der Waals surface area contributed by atoms with Crippen LogP contribution in [0, 0.1) is 5.92 Å². The number of nitrogens with two attached hydrogens (primary N) is 1. The molecule has 3 N–H and O–H groups in total. The number of ether oxygens (including phenoxy) is 1. The molecule has 0 saturated heterocycles. The van der Waals surface area contributed by atoms with Crippen LogP contribution in [0.4, 0.5) is 0 Å². The number of carbonyl (C=O) groups excluding carboxylic acids is 1. The molecule has 0 fully saturated rings. The fourth-order valence-corrected chi connectivity index (χ4v) is 1.45. The van der Waals surface area contributed by atoms with Crippen molar-refractivity contribution in [3.05, 3.63) is 28.8 Å². The molecule has 5 heteroatoms. The normalized spacial score (nSPS) is 14.1. The molecule has 17 heavy (non-hydrogen) atoms. The molecule has 2 atom stereocenters. The molecule has 1 aromatic carbocycles. The second-order valence-electron chi connectivity index (χ2n) is 3.97. The molecule has 2 unspecified atom stereocenters. The topological polar surface area (TPSA) is 72.6 Å². The van der Waals surface area contributed by atoms with E-state index in [0.717, 1.165) is 0 Å². The van der Waals surface area contributed by atoms with E-state index in [2.05, 4.69) is 0 Å². The first-order valence-corrected chi connectivity index (χ1v) is 5.69. The third-order valence-electron chi connectivity index (χ3n) is 2.40. The van der Waals surface area contributed by atoms with E-state index in [4.69, 9.17) is 22.1 Å². The molecular formula is C12H16ClNO3. The molecule has 4 nitrogen and oxygen atoms in total. The maximum absolute atomic E-state index is 10.9. The van der Waals surface area contributed by atoms with Crippen molar-refractivity contribution >= 4 is 17.5 Å². The van der Waals surface area contributed by atoms with Gasteiger partial charge in [0.25, 0.3) is 0 Å². The van der Waals surface area contributed by atoms with E-state index in [9.17, 15) is 9.90 Å². The molecule has 1 amide bonds. The minimum atomic E-state index is -0.687. The van der Waals surface area contributed by atoms with Crippen molar-refractivity contribution in [2.24, 2.45) is 11.7 Å². The summed E-state index contributed by atoms with van der Waals surface area (Å²) in [5.74, 6) is -0.289. The number of amides is 1. The van der Waals surface area contributed by atoms with Crippen LogP contribution >= 0.6 is 11.6 Å². The number of hydrogen-bond acceptors (Lipinski definition) is 3. The van der Waals surface area contributed by atoms with Crippen molar-refractivity contribution in [1.82, 2.24) is 0 Å². The first-order chi connectivity index (χ1) is 7.91. The van der Waals surface area contributed by atoms with Crippen molar-refractivity contribution in [3.8, 4) is 5.75 Å². The number of rotatable bonds is 5. The maximum Gasteiger partial charge on any atom is 0.223 e. The number of aliphatic hydroxyl groups is 1. The second kappa shape index (κ2) is 5.89. The lowest BCUT2D eigenvalue weighted by Crippen LogP contribution is -2.26. The van der Waals surface area contributed by atoms with Crippen molar-refractivity contribution in [2.75, 3.05) is 6.61 Å². The van der Waals surface area contributed by atoms with Crippen molar-refractivity contribution in [3.63, 3.8) is 0 Å². The molecule has 0 heterocycles. The fourth-order valence-electron chi connectivity index (χ4n) is 1.27. The van der Waals surface area contributed by atoms with Crippen molar-refractivity contribution < 1.29 is 14.6 Å². The van der Waals surface area contributed by atoms with E-state index in [1.165, 1.54) is 0 Å². The highest BCUT2D eigenvalue weighted by atomic mass is 35.5. The third kappa shape index (κ3) is 3.91. The molecule has 0 aromatic heterocycles. The van der Waals surface area contributed by atoms with Crippen molar-refractivity contribution in [1.29, 1.82) is 0 Å². The first kappa shape index (κ1) is 13.8. The molecule has 0 aliphatic rings. The Kier molecular flexibility index (Phi) is 4.78. The smallest absolute Gasteiger partial charge is 0.223 e. The van der Waals surface area contributed by atoms with Crippen LogP contribution in [0.15, 0.2) is 18.2 Å². The second-order valence-corrected chi connectivity index (χ2v) is 4.41. The van der Waals surface area contributed by atoms with E-state index in [1.54, 1.807) is 32.0 Å². The Morgan fingerprint density at radius 2 is 2.18 bits per heavy atom. The van der Waals surface area contributed by atoms with E-state index in [0.29, 0.717) is 16.3 Å². The molecule has 1 aromatic rings. The summed E-state index contributed by atoms with van der Waals surface area (Å²) in [6.07, 6.45) is -0.687. The van der Waals surface area contributed by atoms with Gasteiger partial charge < -0.3 is 15.6 Å². The average Bonchev–Trinajstić information content (AvgIpc) is 2.26. The number of primary amides is 1. The first-order valence-electron chi connectivity index (χ1n) is 5.31. The van der Waals surface area contributed by atoms with Crippen LogP contribution in [-0.2, 0) is 4.79 Å². The number of benzene rings is 1. The highest BCUT2D eigenvalue weighted by molar-refractivity contribution is 6.30. The van der Waals surface area contributed by atoms with Gasteiger partial charge in [0, 0.05) is 10.6 Å². The molecule has 0 spiro atoms. The Hall–Kier alpha value is -1.26. The number of carbonyl (C=O) groups is 1. The molecule has 0 aliphatic carbocycles. The van der Waals surface area contributed by atoms with E-state index < -0.39 is 12.0 Å². The summed E-state index contributed by atoms with van der Waals surface area (Å²) in [4.78, 5) is 10.9. The Morgan fingerprint density at radius 3 is 2.71 bits per heavy atom. The fraction of sp³-hybridized carbons (Fsp3) is 0.417. The van der Waals surface area contributed by atoms with Crippen LogP contribution in [0.5, 0.6) is 5.75 Å². The summed E-state index contributed by atoms with van der Waals surface area (Å²) in [6.45, 7) is 3.48. The molecule has 94 valence electrons. The third-order valence-corrected chi connectivity index (χ3v) is 2.63. The summed E-state index contributed by atoms with van der Waals surface area (Å²) in [5.41, 5.74) is 5.72. The van der Waals surface area contributed by atoms with Gasteiger partial charge in [-0.3, -0.25) is 4.79 Å². The van der Waals surface area contributed by atoms with Gasteiger partial charge in [-0.25, -0.2) is 0 Å². The lowest BCUT2D eigenvalue weighted by Gasteiger charge is -2.15. The van der Waals surface area contributed by atoms with Gasteiger partial charge in [-0.05, 0) is 25.1 Å². The van der Waals surface area contributed by atoms with Crippen LogP contribution in [0.2, 0.25) is 5.02 Å². The molecule has 0 radical (unpaired) electrons. The van der Waals surface area contributed by atoms with Gasteiger partial charge in [0.1, 0.15) is 5.75 Å². The van der Waals surface area contributed by atoms with Crippen LogP contribution < -0.4 is 10.5 Å². The zero-order chi connectivity index (χ0) is 13.0. The van der Waals surface area contributed by atoms with Crippen LogP contribution in [0.25, 0.3) is 0 Å². The zero-order valence-corrected chi connectivity index (χ0v) is 10.6. The van der Waals surface area contributed by atoms with Gasteiger partial charge in [0.05, 0.1) is 18.6 Å². The van der Waals surface area contributed by atoms with Crippen LogP contribution in [-0.4, -0.2) is 17.6 Å². The number of halogens is 1. The molecular weight excluding hydrogens is 242 g/mol. The predicted octanol–water partition coefficient (Wildman–Crippen LogP) is 1.89.